The molecule has 110 valence electrons. The standard InChI is InChI=1S/C17H22N4/c18-15-6-7-17(19-12-15)20-16-8-10-21(11-9-16)13-14-4-2-1-3-5-14/h1-7,12,16H,8-11,13,18H2,(H,19,20). The molecule has 0 unspecified atom stereocenters. The predicted molar refractivity (Wildman–Crippen MR) is 87.0 cm³/mol. The third-order valence-corrected chi connectivity index (χ3v) is 3.97. The number of benzene rings is 1. The van der Waals surface area contributed by atoms with E-state index >= 15 is 0 Å². The van der Waals surface area contributed by atoms with Gasteiger partial charge in [0.2, 0.25) is 0 Å². The molecule has 4 nitrogen and oxygen atoms in total. The Hall–Kier alpha value is -2.07. The van der Waals surface area contributed by atoms with E-state index in [1.807, 2.05) is 12.1 Å². The molecule has 4 heteroatoms. The van der Waals surface area contributed by atoms with E-state index in [1.165, 1.54) is 5.56 Å². The summed E-state index contributed by atoms with van der Waals surface area (Å²) in [6, 6.07) is 15.0. The second-order valence-electron chi connectivity index (χ2n) is 5.66. The highest BCUT2D eigenvalue weighted by Crippen LogP contribution is 2.17. The number of nitrogens with one attached hydrogen (secondary N) is 1. The summed E-state index contributed by atoms with van der Waals surface area (Å²) in [5, 5.41) is 3.50. The SMILES string of the molecule is Nc1ccc(NC2CCN(Cc3ccccc3)CC2)nc1. The Morgan fingerprint density at radius 2 is 1.86 bits per heavy atom. The number of hydrogen-bond acceptors (Lipinski definition) is 4. The van der Waals surface area contributed by atoms with Crippen LogP contribution in [0.25, 0.3) is 0 Å². The van der Waals surface area contributed by atoms with Crippen LogP contribution in [0.2, 0.25) is 0 Å². The molecule has 0 amide bonds. The number of nitrogens with two attached hydrogens (primary N) is 1. The maximum absolute atomic E-state index is 5.65. The van der Waals surface area contributed by atoms with Gasteiger partial charge in [0.15, 0.2) is 0 Å². The molecule has 1 saturated heterocycles. The monoisotopic (exact) mass is 282 g/mol. The highest BCUT2D eigenvalue weighted by molar-refractivity contribution is 5.44. The van der Waals surface area contributed by atoms with Crippen molar-refractivity contribution in [1.29, 1.82) is 0 Å². The summed E-state index contributed by atoms with van der Waals surface area (Å²) in [5.74, 6) is 0.922. The number of pyridine rings is 1. The molecule has 1 fully saturated rings. The topological polar surface area (TPSA) is 54.2 Å². The number of anilines is 2. The van der Waals surface area contributed by atoms with Crippen LogP contribution in [0.15, 0.2) is 48.7 Å². The van der Waals surface area contributed by atoms with E-state index in [0.717, 1.165) is 38.3 Å². The molecule has 0 spiro atoms. The van der Waals surface area contributed by atoms with Crippen LogP contribution in [0.3, 0.4) is 0 Å². The Bertz CT molecular complexity index is 545. The highest BCUT2D eigenvalue weighted by Gasteiger charge is 2.19. The zero-order valence-electron chi connectivity index (χ0n) is 12.2. The third kappa shape index (κ3) is 3.95. The summed E-state index contributed by atoms with van der Waals surface area (Å²) in [5.41, 5.74) is 7.75. The second-order valence-corrected chi connectivity index (χ2v) is 5.66. The van der Waals surface area contributed by atoms with Crippen molar-refractivity contribution in [3.63, 3.8) is 0 Å². The van der Waals surface area contributed by atoms with Gasteiger partial charge in [0.1, 0.15) is 5.82 Å². The Labute approximate surface area is 126 Å². The first-order valence-electron chi connectivity index (χ1n) is 7.54. The lowest BCUT2D eigenvalue weighted by Crippen LogP contribution is -2.38. The fraction of sp³-hybridized carbons (Fsp3) is 0.353. The summed E-state index contributed by atoms with van der Waals surface area (Å²) in [6.45, 7) is 3.30. The lowest BCUT2D eigenvalue weighted by Gasteiger charge is -2.32. The fourth-order valence-electron chi connectivity index (χ4n) is 2.78. The van der Waals surface area contributed by atoms with Crippen LogP contribution in [0, 0.1) is 0 Å². The largest absolute Gasteiger partial charge is 0.397 e. The van der Waals surface area contributed by atoms with E-state index in [-0.39, 0.29) is 0 Å². The van der Waals surface area contributed by atoms with Crippen LogP contribution in [0.1, 0.15) is 18.4 Å². The lowest BCUT2D eigenvalue weighted by atomic mass is 10.0. The van der Waals surface area contributed by atoms with Gasteiger partial charge >= 0.3 is 0 Å². The highest BCUT2D eigenvalue weighted by atomic mass is 15.1. The smallest absolute Gasteiger partial charge is 0.126 e. The summed E-state index contributed by atoms with van der Waals surface area (Å²) < 4.78 is 0. The van der Waals surface area contributed by atoms with Crippen LogP contribution in [0.5, 0.6) is 0 Å². The number of rotatable bonds is 4. The predicted octanol–water partition coefficient (Wildman–Crippen LogP) is 2.74. The molecular weight excluding hydrogens is 260 g/mol. The molecule has 1 aliphatic heterocycles. The van der Waals surface area contributed by atoms with Crippen LogP contribution in [-0.4, -0.2) is 29.0 Å². The van der Waals surface area contributed by atoms with E-state index in [1.54, 1.807) is 6.20 Å². The molecule has 1 aromatic heterocycles. The average molecular weight is 282 g/mol. The number of nitrogens with zero attached hydrogens (tertiary/aromatic N) is 2. The van der Waals surface area contributed by atoms with Gasteiger partial charge in [0.25, 0.3) is 0 Å². The average Bonchev–Trinajstić information content (AvgIpc) is 2.53. The Morgan fingerprint density at radius 3 is 2.52 bits per heavy atom. The fourth-order valence-corrected chi connectivity index (χ4v) is 2.78. The van der Waals surface area contributed by atoms with Gasteiger partial charge < -0.3 is 11.1 Å². The molecular formula is C17H22N4. The van der Waals surface area contributed by atoms with Crippen molar-refractivity contribution in [2.45, 2.75) is 25.4 Å². The van der Waals surface area contributed by atoms with Crippen molar-refractivity contribution in [2.75, 3.05) is 24.1 Å². The minimum atomic E-state index is 0.508. The zero-order chi connectivity index (χ0) is 14.5. The normalized spacial score (nSPS) is 16.8. The number of aromatic nitrogens is 1. The quantitative estimate of drug-likeness (QED) is 0.905. The number of hydrogen-bond donors (Lipinski definition) is 2. The molecule has 0 saturated carbocycles. The van der Waals surface area contributed by atoms with E-state index in [2.05, 4.69) is 45.5 Å². The Morgan fingerprint density at radius 1 is 1.10 bits per heavy atom. The molecule has 0 radical (unpaired) electrons. The second kappa shape index (κ2) is 6.59. The van der Waals surface area contributed by atoms with Gasteiger partial charge in [-0.25, -0.2) is 4.98 Å². The van der Waals surface area contributed by atoms with E-state index < -0.39 is 0 Å². The number of nitrogen functional groups attached to an aromatic ring is 1. The van der Waals surface area contributed by atoms with Crippen LogP contribution in [0.4, 0.5) is 11.5 Å². The molecule has 21 heavy (non-hydrogen) atoms. The number of likely N-dealkylation sites (tertiary alicyclic amines) is 1. The summed E-state index contributed by atoms with van der Waals surface area (Å²) in [6.07, 6.45) is 4.00. The molecule has 0 bridgehead atoms. The molecule has 1 aromatic carbocycles. The first kappa shape index (κ1) is 13.9. The molecule has 2 aromatic rings. The maximum Gasteiger partial charge on any atom is 0.126 e. The van der Waals surface area contributed by atoms with E-state index in [0.29, 0.717) is 11.7 Å². The van der Waals surface area contributed by atoms with Gasteiger partial charge in [-0.2, -0.15) is 0 Å². The summed E-state index contributed by atoms with van der Waals surface area (Å²) in [7, 11) is 0. The molecule has 0 atom stereocenters. The first-order chi connectivity index (χ1) is 10.3. The third-order valence-electron chi connectivity index (χ3n) is 3.97. The van der Waals surface area contributed by atoms with E-state index in [4.69, 9.17) is 5.73 Å². The van der Waals surface area contributed by atoms with Crippen LogP contribution in [-0.2, 0) is 6.54 Å². The zero-order valence-corrected chi connectivity index (χ0v) is 12.2. The van der Waals surface area contributed by atoms with Crippen molar-refractivity contribution >= 4 is 11.5 Å². The van der Waals surface area contributed by atoms with Gasteiger partial charge in [0, 0.05) is 25.7 Å². The summed E-state index contributed by atoms with van der Waals surface area (Å²) in [4.78, 5) is 6.83. The van der Waals surface area contributed by atoms with Gasteiger partial charge in [0.05, 0.1) is 11.9 Å². The molecule has 0 aliphatic carbocycles. The molecule has 3 N–H and O–H groups in total. The van der Waals surface area contributed by atoms with E-state index in [9.17, 15) is 0 Å². The Balaban J connectivity index is 1.47. The molecule has 3 rings (SSSR count). The van der Waals surface area contributed by atoms with Crippen molar-refractivity contribution in [1.82, 2.24) is 9.88 Å². The number of piperidine rings is 1. The van der Waals surface area contributed by atoms with Gasteiger partial charge in [-0.3, -0.25) is 4.90 Å². The lowest BCUT2D eigenvalue weighted by molar-refractivity contribution is 0.211. The maximum atomic E-state index is 5.65. The summed E-state index contributed by atoms with van der Waals surface area (Å²) >= 11 is 0. The van der Waals surface area contributed by atoms with Crippen LogP contribution < -0.4 is 11.1 Å². The van der Waals surface area contributed by atoms with Crippen molar-refractivity contribution in [2.24, 2.45) is 0 Å². The van der Waals surface area contributed by atoms with Gasteiger partial charge in [-0.15, -0.1) is 0 Å². The van der Waals surface area contributed by atoms with Crippen molar-refractivity contribution < 1.29 is 0 Å². The minimum absolute atomic E-state index is 0.508. The van der Waals surface area contributed by atoms with Gasteiger partial charge in [-0.1, -0.05) is 30.3 Å². The van der Waals surface area contributed by atoms with Crippen LogP contribution >= 0.6 is 0 Å². The molecule has 1 aliphatic rings. The Kier molecular flexibility index (Phi) is 4.36. The first-order valence-corrected chi connectivity index (χ1v) is 7.54. The molecule has 2 heterocycles. The van der Waals surface area contributed by atoms with Gasteiger partial charge in [-0.05, 0) is 30.5 Å². The van der Waals surface area contributed by atoms with Crippen molar-refractivity contribution in [3.8, 4) is 0 Å². The van der Waals surface area contributed by atoms with Crippen molar-refractivity contribution in [3.05, 3.63) is 54.2 Å². The minimum Gasteiger partial charge on any atom is -0.397 e.